The minimum Gasteiger partial charge on any atom is -0.505 e. The van der Waals surface area contributed by atoms with Crippen LogP contribution in [0.3, 0.4) is 0 Å². The van der Waals surface area contributed by atoms with E-state index in [1.165, 1.54) is 21.3 Å². The molecule has 1 atom stereocenters. The lowest BCUT2D eigenvalue weighted by molar-refractivity contribution is 0.0942. The summed E-state index contributed by atoms with van der Waals surface area (Å²) in [6, 6.07) is 14.6. The number of benzene rings is 3. The monoisotopic (exact) mass is 508 g/mol. The zero-order valence-corrected chi connectivity index (χ0v) is 20.9. The number of phenolic OH excluding ortho intramolecular Hbond substituents is 1. The van der Waals surface area contributed by atoms with Crippen molar-refractivity contribution in [3.8, 4) is 28.7 Å². The number of ether oxygens (including phenoxy) is 4. The van der Waals surface area contributed by atoms with E-state index in [1.807, 2.05) is 0 Å². The Balaban J connectivity index is 1.83. The number of carbonyl (C=O) groups excluding carboxylic acids is 1. The first kappa shape index (κ1) is 24.9. The SMILES string of the molecule is COc1ccc([C@H](NC(=O)c2cc(OC)c(OC)c(OC)c2)c2cc(Cl)c3cccnc3c2O)cc1. The summed E-state index contributed by atoms with van der Waals surface area (Å²) in [5, 5.41) is 15.2. The lowest BCUT2D eigenvalue weighted by Gasteiger charge is -2.23. The fourth-order valence-electron chi connectivity index (χ4n) is 3.99. The van der Waals surface area contributed by atoms with E-state index in [0.29, 0.717) is 50.1 Å². The van der Waals surface area contributed by atoms with E-state index < -0.39 is 11.9 Å². The number of aromatic nitrogens is 1. The first-order valence-electron chi connectivity index (χ1n) is 10.9. The van der Waals surface area contributed by atoms with E-state index in [4.69, 9.17) is 30.5 Å². The second kappa shape index (κ2) is 10.6. The number of methoxy groups -OCH3 is 4. The van der Waals surface area contributed by atoms with Crippen LogP contribution in [-0.2, 0) is 0 Å². The molecule has 9 heteroatoms. The third-order valence-electron chi connectivity index (χ3n) is 5.81. The Labute approximate surface area is 213 Å². The molecule has 1 aromatic heterocycles. The first-order valence-corrected chi connectivity index (χ1v) is 11.3. The van der Waals surface area contributed by atoms with Crippen molar-refractivity contribution in [3.63, 3.8) is 0 Å². The topological polar surface area (TPSA) is 99.1 Å². The van der Waals surface area contributed by atoms with Gasteiger partial charge in [-0.3, -0.25) is 9.78 Å². The van der Waals surface area contributed by atoms with Crippen molar-refractivity contribution in [2.24, 2.45) is 0 Å². The molecule has 0 aliphatic heterocycles. The summed E-state index contributed by atoms with van der Waals surface area (Å²) < 4.78 is 21.4. The number of nitrogens with zero attached hydrogens (tertiary/aromatic N) is 1. The lowest BCUT2D eigenvalue weighted by Crippen LogP contribution is -2.29. The first-order chi connectivity index (χ1) is 17.4. The molecular formula is C27H25ClN2O6. The van der Waals surface area contributed by atoms with E-state index in [-0.39, 0.29) is 11.3 Å². The van der Waals surface area contributed by atoms with Crippen LogP contribution >= 0.6 is 11.6 Å². The number of fused-ring (bicyclic) bond motifs is 1. The molecule has 0 saturated heterocycles. The number of halogens is 1. The molecule has 0 radical (unpaired) electrons. The molecule has 0 unspecified atom stereocenters. The Hall–Kier alpha value is -4.17. The molecule has 0 aliphatic rings. The number of aromatic hydroxyl groups is 1. The van der Waals surface area contributed by atoms with E-state index >= 15 is 0 Å². The summed E-state index contributed by atoms with van der Waals surface area (Å²) in [7, 11) is 6.00. The van der Waals surface area contributed by atoms with Crippen molar-refractivity contribution in [2.45, 2.75) is 6.04 Å². The molecule has 8 nitrogen and oxygen atoms in total. The van der Waals surface area contributed by atoms with Gasteiger partial charge in [-0.2, -0.15) is 0 Å². The Bertz CT molecular complexity index is 1380. The van der Waals surface area contributed by atoms with Crippen LogP contribution in [0.1, 0.15) is 27.5 Å². The Kier molecular flexibility index (Phi) is 7.36. The molecular weight excluding hydrogens is 484 g/mol. The van der Waals surface area contributed by atoms with Crippen LogP contribution in [-0.4, -0.2) is 44.4 Å². The molecule has 36 heavy (non-hydrogen) atoms. The predicted molar refractivity (Wildman–Crippen MR) is 137 cm³/mol. The van der Waals surface area contributed by atoms with Gasteiger partial charge in [0.25, 0.3) is 5.91 Å². The van der Waals surface area contributed by atoms with Crippen LogP contribution < -0.4 is 24.3 Å². The van der Waals surface area contributed by atoms with Gasteiger partial charge in [-0.15, -0.1) is 0 Å². The molecule has 0 spiro atoms. The normalized spacial score (nSPS) is 11.6. The minimum absolute atomic E-state index is 0.0824. The molecule has 3 aromatic carbocycles. The second-order valence-electron chi connectivity index (χ2n) is 7.79. The minimum atomic E-state index is -0.772. The summed E-state index contributed by atoms with van der Waals surface area (Å²) in [4.78, 5) is 17.8. The summed E-state index contributed by atoms with van der Waals surface area (Å²) >= 11 is 6.55. The van der Waals surface area contributed by atoms with Crippen molar-refractivity contribution < 1.29 is 28.8 Å². The number of hydrogen-bond acceptors (Lipinski definition) is 7. The van der Waals surface area contributed by atoms with E-state index in [0.717, 1.165) is 0 Å². The number of hydrogen-bond donors (Lipinski definition) is 2. The molecule has 4 aromatic rings. The molecule has 1 heterocycles. The van der Waals surface area contributed by atoms with Gasteiger partial charge >= 0.3 is 0 Å². The Morgan fingerprint density at radius 3 is 2.19 bits per heavy atom. The molecule has 2 N–H and O–H groups in total. The molecule has 186 valence electrons. The van der Waals surface area contributed by atoms with Crippen molar-refractivity contribution in [1.82, 2.24) is 10.3 Å². The quantitative estimate of drug-likeness (QED) is 0.339. The van der Waals surface area contributed by atoms with Crippen LogP contribution in [0.4, 0.5) is 0 Å². The summed E-state index contributed by atoms with van der Waals surface area (Å²) in [5.74, 6) is 1.17. The smallest absolute Gasteiger partial charge is 0.252 e. The fraction of sp³-hybridized carbons (Fsp3) is 0.185. The average molecular weight is 509 g/mol. The average Bonchev–Trinajstić information content (AvgIpc) is 2.92. The number of amides is 1. The third kappa shape index (κ3) is 4.67. The van der Waals surface area contributed by atoms with Gasteiger partial charge in [-0.25, -0.2) is 0 Å². The summed E-state index contributed by atoms with van der Waals surface area (Å²) in [5.41, 5.74) is 1.68. The van der Waals surface area contributed by atoms with Crippen LogP contribution in [0, 0.1) is 0 Å². The van der Waals surface area contributed by atoms with Crippen LogP contribution in [0.2, 0.25) is 5.02 Å². The highest BCUT2D eigenvalue weighted by Gasteiger charge is 2.25. The lowest BCUT2D eigenvalue weighted by atomic mass is 9.95. The number of rotatable bonds is 8. The largest absolute Gasteiger partial charge is 0.505 e. The van der Waals surface area contributed by atoms with Crippen molar-refractivity contribution in [2.75, 3.05) is 28.4 Å². The van der Waals surface area contributed by atoms with E-state index in [9.17, 15) is 9.90 Å². The molecule has 0 fully saturated rings. The van der Waals surface area contributed by atoms with Crippen LogP contribution in [0.15, 0.2) is 60.8 Å². The zero-order chi connectivity index (χ0) is 25.8. The molecule has 0 saturated carbocycles. The fourth-order valence-corrected chi connectivity index (χ4v) is 4.26. The second-order valence-corrected chi connectivity index (χ2v) is 8.20. The van der Waals surface area contributed by atoms with Gasteiger partial charge in [0.05, 0.1) is 39.5 Å². The maximum Gasteiger partial charge on any atom is 0.252 e. The van der Waals surface area contributed by atoms with Crippen molar-refractivity contribution in [1.29, 1.82) is 0 Å². The van der Waals surface area contributed by atoms with Gasteiger partial charge in [0.15, 0.2) is 11.5 Å². The van der Waals surface area contributed by atoms with Gasteiger partial charge in [0.2, 0.25) is 5.75 Å². The number of nitrogens with one attached hydrogen (secondary N) is 1. The van der Waals surface area contributed by atoms with Crippen molar-refractivity contribution in [3.05, 3.63) is 82.5 Å². The highest BCUT2D eigenvalue weighted by atomic mass is 35.5. The Morgan fingerprint density at radius 2 is 1.61 bits per heavy atom. The molecule has 4 rings (SSSR count). The summed E-state index contributed by atoms with van der Waals surface area (Å²) in [6.45, 7) is 0. The standard InChI is InChI=1S/C27H25ClN2O6/c1-33-17-9-7-15(8-10-17)23(19-14-20(28)18-6-5-11-29-24(18)25(19)31)30-27(32)16-12-21(34-2)26(36-4)22(13-16)35-3/h5-14,23,31H,1-4H3,(H,30,32)/t23-/m0/s1. The third-order valence-corrected chi connectivity index (χ3v) is 6.12. The van der Waals surface area contributed by atoms with Gasteiger partial charge < -0.3 is 29.4 Å². The van der Waals surface area contributed by atoms with E-state index in [2.05, 4.69) is 10.3 Å². The maximum atomic E-state index is 13.5. The van der Waals surface area contributed by atoms with Crippen LogP contribution in [0.25, 0.3) is 10.9 Å². The zero-order valence-electron chi connectivity index (χ0n) is 20.2. The maximum absolute atomic E-state index is 13.5. The number of carbonyl (C=O) groups is 1. The van der Waals surface area contributed by atoms with Gasteiger partial charge in [-0.05, 0) is 48.0 Å². The van der Waals surface area contributed by atoms with Gasteiger partial charge in [0, 0.05) is 22.7 Å². The van der Waals surface area contributed by atoms with E-state index in [1.54, 1.807) is 67.9 Å². The highest BCUT2D eigenvalue weighted by molar-refractivity contribution is 6.35. The van der Waals surface area contributed by atoms with Crippen molar-refractivity contribution >= 4 is 28.4 Å². The highest BCUT2D eigenvalue weighted by Crippen LogP contribution is 2.40. The molecule has 1 amide bonds. The number of phenols is 1. The molecule has 0 bridgehead atoms. The Morgan fingerprint density at radius 1 is 0.944 bits per heavy atom. The van der Waals surface area contributed by atoms with Crippen LogP contribution in [0.5, 0.6) is 28.7 Å². The van der Waals surface area contributed by atoms with Gasteiger partial charge in [-0.1, -0.05) is 23.7 Å². The number of pyridine rings is 1. The summed E-state index contributed by atoms with van der Waals surface area (Å²) in [6.07, 6.45) is 1.57. The van der Waals surface area contributed by atoms with Gasteiger partial charge in [0.1, 0.15) is 17.0 Å². The molecule has 0 aliphatic carbocycles. The predicted octanol–water partition coefficient (Wildman–Crippen LogP) is 5.15.